The first-order chi connectivity index (χ1) is 10.1. The van der Waals surface area contributed by atoms with Gasteiger partial charge in [0.2, 0.25) is 0 Å². The van der Waals surface area contributed by atoms with E-state index >= 15 is 0 Å². The molecule has 0 spiro atoms. The Morgan fingerprint density at radius 3 is 2.00 bits per heavy atom. The molecule has 0 fully saturated rings. The van der Waals surface area contributed by atoms with Crippen molar-refractivity contribution in [2.24, 2.45) is 0 Å². The maximum atomic E-state index is 6.11. The molecule has 5 heteroatoms. The number of ether oxygens (including phenoxy) is 3. The Hall–Kier alpha value is -1.39. The van der Waals surface area contributed by atoms with Crippen molar-refractivity contribution in [3.05, 3.63) is 52.5 Å². The van der Waals surface area contributed by atoms with E-state index in [4.69, 9.17) is 25.8 Å². The van der Waals surface area contributed by atoms with Crippen LogP contribution in [0.2, 0.25) is 5.02 Å². The summed E-state index contributed by atoms with van der Waals surface area (Å²) in [6, 6.07) is 11.2. The maximum absolute atomic E-state index is 6.11. The van der Waals surface area contributed by atoms with E-state index in [1.54, 1.807) is 27.4 Å². The largest absolute Gasteiger partial charge is 0.496 e. The molecule has 1 atom stereocenters. The molecule has 0 bridgehead atoms. The molecule has 0 N–H and O–H groups in total. The van der Waals surface area contributed by atoms with Crippen LogP contribution in [0.3, 0.4) is 0 Å². The highest BCUT2D eigenvalue weighted by molar-refractivity contribution is 9.09. The number of hydrogen-bond acceptors (Lipinski definition) is 3. The Balaban J connectivity index is 2.59. The molecule has 0 amide bonds. The fraction of sp³-hybridized carbons (Fsp3) is 0.250. The van der Waals surface area contributed by atoms with Gasteiger partial charge in [-0.15, -0.1) is 0 Å². The maximum Gasteiger partial charge on any atom is 0.127 e. The Morgan fingerprint density at radius 2 is 1.48 bits per heavy atom. The van der Waals surface area contributed by atoms with Gasteiger partial charge in [-0.05, 0) is 30.3 Å². The van der Waals surface area contributed by atoms with Gasteiger partial charge in [0, 0.05) is 10.6 Å². The van der Waals surface area contributed by atoms with Crippen molar-refractivity contribution in [3.8, 4) is 17.2 Å². The van der Waals surface area contributed by atoms with E-state index in [-0.39, 0.29) is 4.83 Å². The molecule has 0 saturated carbocycles. The highest BCUT2D eigenvalue weighted by Gasteiger charge is 2.23. The Kier molecular flexibility index (Phi) is 5.37. The van der Waals surface area contributed by atoms with Gasteiger partial charge < -0.3 is 14.2 Å². The molecule has 2 rings (SSSR count). The highest BCUT2D eigenvalue weighted by atomic mass is 79.9. The van der Waals surface area contributed by atoms with Gasteiger partial charge in [-0.3, -0.25) is 0 Å². The molecule has 1 unspecified atom stereocenters. The van der Waals surface area contributed by atoms with Crippen LogP contribution in [0, 0.1) is 0 Å². The summed E-state index contributed by atoms with van der Waals surface area (Å²) < 4.78 is 16.3. The number of rotatable bonds is 5. The summed E-state index contributed by atoms with van der Waals surface area (Å²) in [5, 5.41) is 0.643. The second-order valence-electron chi connectivity index (χ2n) is 4.33. The summed E-state index contributed by atoms with van der Waals surface area (Å²) in [7, 11) is 4.90. The van der Waals surface area contributed by atoms with Gasteiger partial charge >= 0.3 is 0 Å². The summed E-state index contributed by atoms with van der Waals surface area (Å²) in [6.07, 6.45) is 0. The fourth-order valence-electron chi connectivity index (χ4n) is 2.19. The van der Waals surface area contributed by atoms with Gasteiger partial charge in [0.15, 0.2) is 0 Å². The molecule has 0 heterocycles. The Morgan fingerprint density at radius 1 is 0.905 bits per heavy atom. The number of hydrogen-bond donors (Lipinski definition) is 0. The van der Waals surface area contributed by atoms with Crippen molar-refractivity contribution in [2.45, 2.75) is 4.83 Å². The zero-order chi connectivity index (χ0) is 15.4. The second-order valence-corrected chi connectivity index (χ2v) is 5.68. The van der Waals surface area contributed by atoms with E-state index in [1.165, 1.54) is 0 Å². The molecule has 112 valence electrons. The van der Waals surface area contributed by atoms with E-state index in [1.807, 2.05) is 30.3 Å². The molecular weight excluding hydrogens is 356 g/mol. The first kappa shape index (κ1) is 16.0. The number of benzene rings is 2. The van der Waals surface area contributed by atoms with Crippen molar-refractivity contribution in [3.63, 3.8) is 0 Å². The summed E-state index contributed by atoms with van der Waals surface area (Å²) >= 11 is 9.82. The van der Waals surface area contributed by atoms with Crippen LogP contribution in [-0.2, 0) is 0 Å². The lowest BCUT2D eigenvalue weighted by Crippen LogP contribution is -2.02. The zero-order valence-corrected chi connectivity index (χ0v) is 14.4. The first-order valence-corrected chi connectivity index (χ1v) is 7.60. The minimum absolute atomic E-state index is 0.169. The van der Waals surface area contributed by atoms with Crippen LogP contribution < -0.4 is 14.2 Å². The van der Waals surface area contributed by atoms with Crippen LogP contribution >= 0.6 is 27.5 Å². The summed E-state index contributed by atoms with van der Waals surface area (Å²) in [6.45, 7) is 0. The molecule has 2 aromatic rings. The van der Waals surface area contributed by atoms with Crippen molar-refractivity contribution in [2.75, 3.05) is 21.3 Å². The van der Waals surface area contributed by atoms with E-state index < -0.39 is 0 Å². The third-order valence-corrected chi connectivity index (χ3v) is 4.37. The molecular formula is C16H16BrClO3. The molecule has 0 saturated heterocycles. The van der Waals surface area contributed by atoms with Crippen molar-refractivity contribution in [1.29, 1.82) is 0 Å². The lowest BCUT2D eigenvalue weighted by molar-refractivity contribution is 0.385. The lowest BCUT2D eigenvalue weighted by atomic mass is 10.0. The summed E-state index contributed by atoms with van der Waals surface area (Å²) in [5.41, 5.74) is 1.80. The molecule has 0 radical (unpaired) electrons. The molecule has 2 aromatic carbocycles. The normalized spacial score (nSPS) is 11.9. The first-order valence-electron chi connectivity index (χ1n) is 6.30. The van der Waals surface area contributed by atoms with E-state index in [0.29, 0.717) is 5.02 Å². The number of methoxy groups -OCH3 is 3. The van der Waals surface area contributed by atoms with Crippen LogP contribution in [-0.4, -0.2) is 21.3 Å². The molecule has 0 aliphatic carbocycles. The van der Waals surface area contributed by atoms with E-state index in [0.717, 1.165) is 28.4 Å². The van der Waals surface area contributed by atoms with Gasteiger partial charge in [0.1, 0.15) is 17.2 Å². The van der Waals surface area contributed by atoms with E-state index in [2.05, 4.69) is 15.9 Å². The average molecular weight is 372 g/mol. The second kappa shape index (κ2) is 7.05. The van der Waals surface area contributed by atoms with Crippen LogP contribution in [0.1, 0.15) is 16.0 Å². The molecule has 0 aliphatic heterocycles. The molecule has 3 nitrogen and oxygen atoms in total. The highest BCUT2D eigenvalue weighted by Crippen LogP contribution is 2.45. The van der Waals surface area contributed by atoms with Crippen LogP contribution in [0.4, 0.5) is 0 Å². The third-order valence-electron chi connectivity index (χ3n) is 3.18. The number of alkyl halides is 1. The van der Waals surface area contributed by atoms with Gasteiger partial charge in [-0.1, -0.05) is 33.6 Å². The predicted molar refractivity (Wildman–Crippen MR) is 88.3 cm³/mol. The topological polar surface area (TPSA) is 27.7 Å². The summed E-state index contributed by atoms with van der Waals surface area (Å²) in [4.78, 5) is -0.169. The molecule has 21 heavy (non-hydrogen) atoms. The molecule has 0 aliphatic rings. The lowest BCUT2D eigenvalue weighted by Gasteiger charge is -2.20. The van der Waals surface area contributed by atoms with Crippen LogP contribution in [0.25, 0.3) is 0 Å². The van der Waals surface area contributed by atoms with Crippen LogP contribution in [0.15, 0.2) is 36.4 Å². The van der Waals surface area contributed by atoms with Gasteiger partial charge in [0.05, 0.1) is 31.7 Å². The van der Waals surface area contributed by atoms with Gasteiger partial charge in [-0.2, -0.15) is 0 Å². The van der Waals surface area contributed by atoms with Crippen molar-refractivity contribution in [1.82, 2.24) is 0 Å². The average Bonchev–Trinajstić information content (AvgIpc) is 2.53. The Bertz CT molecular complexity index is 609. The Labute approximate surface area is 137 Å². The number of halogens is 2. The summed E-state index contributed by atoms with van der Waals surface area (Å²) in [5.74, 6) is 2.21. The standard InChI is InChI=1S/C16H16BrClO3/c1-19-12-8-7-10(18)9-11(12)16(17)15-13(20-2)5-4-6-14(15)21-3/h4-9,16H,1-3H3. The molecule has 0 aromatic heterocycles. The van der Waals surface area contributed by atoms with Gasteiger partial charge in [-0.25, -0.2) is 0 Å². The van der Waals surface area contributed by atoms with Gasteiger partial charge in [0.25, 0.3) is 0 Å². The minimum atomic E-state index is -0.169. The fourth-order valence-corrected chi connectivity index (χ4v) is 3.18. The monoisotopic (exact) mass is 370 g/mol. The zero-order valence-electron chi connectivity index (χ0n) is 12.0. The van der Waals surface area contributed by atoms with E-state index in [9.17, 15) is 0 Å². The SMILES string of the molecule is COc1ccc(Cl)cc1C(Br)c1c(OC)cccc1OC. The predicted octanol–water partition coefficient (Wildman–Crippen LogP) is 4.85. The van der Waals surface area contributed by atoms with Crippen LogP contribution in [0.5, 0.6) is 17.2 Å². The third kappa shape index (κ3) is 3.27. The smallest absolute Gasteiger partial charge is 0.127 e. The van der Waals surface area contributed by atoms with Crippen molar-refractivity contribution >= 4 is 27.5 Å². The van der Waals surface area contributed by atoms with Crippen molar-refractivity contribution < 1.29 is 14.2 Å². The minimum Gasteiger partial charge on any atom is -0.496 e. The quantitative estimate of drug-likeness (QED) is 0.703.